The van der Waals surface area contributed by atoms with Gasteiger partial charge in [-0.25, -0.2) is 0 Å². The molecule has 0 unspecified atom stereocenters. The topological polar surface area (TPSA) is 68.0 Å². The average molecular weight is 432 g/mol. The fourth-order valence-electron chi connectivity index (χ4n) is 3.14. The third-order valence-electron chi connectivity index (χ3n) is 4.93. The summed E-state index contributed by atoms with van der Waals surface area (Å²) in [5.74, 6) is 0.512. The van der Waals surface area contributed by atoms with Crippen LogP contribution in [0.25, 0.3) is 22.9 Å². The standard InChI is InChI=1S/C25H22ClN3O2/c1-25(2,3)18-12-8-17(9-13-18)23-28-29-24(31-23)20-6-4-5-7-21(20)27-22(30)16-10-14-19(26)15-11-16/h4-15H,1-3H3,(H,27,30). The van der Waals surface area contributed by atoms with Gasteiger partial charge in [0.15, 0.2) is 0 Å². The van der Waals surface area contributed by atoms with Gasteiger partial charge in [0, 0.05) is 16.1 Å². The zero-order chi connectivity index (χ0) is 22.0. The largest absolute Gasteiger partial charge is 0.416 e. The summed E-state index contributed by atoms with van der Waals surface area (Å²) in [6, 6.07) is 22.1. The molecule has 3 aromatic carbocycles. The second kappa shape index (κ2) is 8.36. The van der Waals surface area contributed by atoms with Crippen molar-refractivity contribution in [3.8, 4) is 22.9 Å². The molecule has 0 atom stereocenters. The van der Waals surface area contributed by atoms with Crippen molar-refractivity contribution in [2.24, 2.45) is 0 Å². The van der Waals surface area contributed by atoms with E-state index in [1.807, 2.05) is 30.3 Å². The smallest absolute Gasteiger partial charge is 0.255 e. The van der Waals surface area contributed by atoms with E-state index in [1.54, 1.807) is 30.3 Å². The van der Waals surface area contributed by atoms with Gasteiger partial charge in [0.25, 0.3) is 5.91 Å². The van der Waals surface area contributed by atoms with E-state index < -0.39 is 0 Å². The van der Waals surface area contributed by atoms with Crippen molar-refractivity contribution in [1.82, 2.24) is 10.2 Å². The van der Waals surface area contributed by atoms with Crippen molar-refractivity contribution in [2.45, 2.75) is 26.2 Å². The van der Waals surface area contributed by atoms with Crippen LogP contribution < -0.4 is 5.32 Å². The predicted molar refractivity (Wildman–Crippen MR) is 123 cm³/mol. The summed E-state index contributed by atoms with van der Waals surface area (Å²) in [5.41, 5.74) is 3.88. The summed E-state index contributed by atoms with van der Waals surface area (Å²) in [4.78, 5) is 12.6. The van der Waals surface area contributed by atoms with Crippen LogP contribution in [0.1, 0.15) is 36.7 Å². The van der Waals surface area contributed by atoms with Gasteiger partial charge in [-0.05, 0) is 59.5 Å². The molecule has 156 valence electrons. The van der Waals surface area contributed by atoms with Crippen molar-refractivity contribution < 1.29 is 9.21 Å². The Labute approximate surface area is 186 Å². The second-order valence-electron chi connectivity index (χ2n) is 8.25. The number of aromatic nitrogens is 2. The number of carbonyl (C=O) groups excluding carboxylic acids is 1. The highest BCUT2D eigenvalue weighted by Gasteiger charge is 2.17. The van der Waals surface area contributed by atoms with E-state index in [4.69, 9.17) is 16.0 Å². The predicted octanol–water partition coefficient (Wildman–Crippen LogP) is 6.61. The van der Waals surface area contributed by atoms with Crippen molar-refractivity contribution in [1.29, 1.82) is 0 Å². The number of rotatable bonds is 4. The maximum Gasteiger partial charge on any atom is 0.255 e. The van der Waals surface area contributed by atoms with Crippen LogP contribution in [-0.2, 0) is 5.41 Å². The molecule has 0 aliphatic rings. The molecule has 0 spiro atoms. The SMILES string of the molecule is CC(C)(C)c1ccc(-c2nnc(-c3ccccc3NC(=O)c3ccc(Cl)cc3)o2)cc1. The van der Waals surface area contributed by atoms with E-state index in [0.29, 0.717) is 33.6 Å². The number of anilines is 1. The molecule has 0 bridgehead atoms. The fourth-order valence-corrected chi connectivity index (χ4v) is 3.26. The molecule has 1 heterocycles. The highest BCUT2D eigenvalue weighted by Crippen LogP contribution is 2.31. The summed E-state index contributed by atoms with van der Waals surface area (Å²) < 4.78 is 5.93. The van der Waals surface area contributed by atoms with E-state index in [9.17, 15) is 4.79 Å². The minimum Gasteiger partial charge on any atom is -0.416 e. The number of halogens is 1. The third kappa shape index (κ3) is 4.67. The van der Waals surface area contributed by atoms with Gasteiger partial charge >= 0.3 is 0 Å². The lowest BCUT2D eigenvalue weighted by atomic mass is 9.87. The van der Waals surface area contributed by atoms with Gasteiger partial charge in [0.05, 0.1) is 11.3 Å². The molecule has 31 heavy (non-hydrogen) atoms. The fraction of sp³-hybridized carbons (Fsp3) is 0.160. The first kappa shape index (κ1) is 20.8. The Kier molecular flexibility index (Phi) is 5.61. The molecule has 0 aliphatic carbocycles. The lowest BCUT2D eigenvalue weighted by molar-refractivity contribution is 0.102. The first-order valence-electron chi connectivity index (χ1n) is 9.92. The van der Waals surface area contributed by atoms with E-state index in [-0.39, 0.29) is 11.3 Å². The molecule has 0 saturated heterocycles. The maximum absolute atomic E-state index is 12.6. The Morgan fingerprint density at radius 3 is 2.19 bits per heavy atom. The summed E-state index contributed by atoms with van der Waals surface area (Å²) in [7, 11) is 0. The first-order chi connectivity index (χ1) is 14.8. The molecule has 1 amide bonds. The van der Waals surface area contributed by atoms with Crippen LogP contribution in [0.2, 0.25) is 5.02 Å². The summed E-state index contributed by atoms with van der Waals surface area (Å²) in [6.45, 7) is 6.51. The maximum atomic E-state index is 12.6. The van der Waals surface area contributed by atoms with Crippen molar-refractivity contribution in [3.63, 3.8) is 0 Å². The molecule has 0 fully saturated rings. The number of amides is 1. The van der Waals surface area contributed by atoms with Crippen LogP contribution in [0.3, 0.4) is 0 Å². The second-order valence-corrected chi connectivity index (χ2v) is 8.68. The van der Waals surface area contributed by atoms with Crippen LogP contribution in [0.4, 0.5) is 5.69 Å². The molecule has 1 aromatic heterocycles. The van der Waals surface area contributed by atoms with Gasteiger partial charge in [-0.2, -0.15) is 0 Å². The van der Waals surface area contributed by atoms with Crippen molar-refractivity contribution in [3.05, 3.63) is 88.9 Å². The number of nitrogens with one attached hydrogen (secondary N) is 1. The number of carbonyl (C=O) groups is 1. The monoisotopic (exact) mass is 431 g/mol. The highest BCUT2D eigenvalue weighted by atomic mass is 35.5. The Balaban J connectivity index is 1.59. The van der Waals surface area contributed by atoms with Gasteiger partial charge in [-0.1, -0.05) is 56.6 Å². The molecular formula is C25H22ClN3O2. The lowest BCUT2D eigenvalue weighted by Crippen LogP contribution is -2.12. The van der Waals surface area contributed by atoms with Gasteiger partial charge in [0.2, 0.25) is 11.8 Å². The zero-order valence-corrected chi connectivity index (χ0v) is 18.3. The number of hydrogen-bond donors (Lipinski definition) is 1. The molecule has 0 radical (unpaired) electrons. The van der Waals surface area contributed by atoms with E-state index in [0.717, 1.165) is 5.56 Å². The van der Waals surface area contributed by atoms with Gasteiger partial charge in [-0.3, -0.25) is 4.79 Å². The average Bonchev–Trinajstić information content (AvgIpc) is 3.24. The molecule has 5 nitrogen and oxygen atoms in total. The number of hydrogen-bond acceptors (Lipinski definition) is 4. The normalized spacial score (nSPS) is 11.4. The van der Waals surface area contributed by atoms with Gasteiger partial charge in [-0.15, -0.1) is 10.2 Å². The summed E-state index contributed by atoms with van der Waals surface area (Å²) in [6.07, 6.45) is 0. The molecule has 4 aromatic rings. The van der Waals surface area contributed by atoms with E-state index in [2.05, 4.69) is 48.4 Å². The Hall–Kier alpha value is -3.44. The molecule has 1 N–H and O–H groups in total. The molecule has 0 saturated carbocycles. The lowest BCUT2D eigenvalue weighted by Gasteiger charge is -2.18. The first-order valence-corrected chi connectivity index (χ1v) is 10.3. The highest BCUT2D eigenvalue weighted by molar-refractivity contribution is 6.30. The van der Waals surface area contributed by atoms with E-state index >= 15 is 0 Å². The number of para-hydroxylation sites is 1. The quantitative estimate of drug-likeness (QED) is 0.395. The minimum atomic E-state index is -0.248. The van der Waals surface area contributed by atoms with Crippen LogP contribution in [0.15, 0.2) is 77.2 Å². The van der Waals surface area contributed by atoms with Gasteiger partial charge in [0.1, 0.15) is 0 Å². The Bertz CT molecular complexity index is 1210. The number of nitrogens with zero attached hydrogens (tertiary/aromatic N) is 2. The number of benzene rings is 3. The molecule has 4 rings (SSSR count). The molecule has 6 heteroatoms. The zero-order valence-electron chi connectivity index (χ0n) is 17.5. The van der Waals surface area contributed by atoms with Gasteiger partial charge < -0.3 is 9.73 Å². The summed E-state index contributed by atoms with van der Waals surface area (Å²) in [5, 5.41) is 11.9. The molecule has 0 aliphatic heterocycles. The van der Waals surface area contributed by atoms with Crippen LogP contribution in [-0.4, -0.2) is 16.1 Å². The molecular weight excluding hydrogens is 410 g/mol. The third-order valence-corrected chi connectivity index (χ3v) is 5.19. The van der Waals surface area contributed by atoms with E-state index in [1.165, 1.54) is 5.56 Å². The Morgan fingerprint density at radius 2 is 1.52 bits per heavy atom. The van der Waals surface area contributed by atoms with Crippen molar-refractivity contribution in [2.75, 3.05) is 5.32 Å². The minimum absolute atomic E-state index is 0.0692. The Morgan fingerprint density at radius 1 is 0.871 bits per heavy atom. The van der Waals surface area contributed by atoms with Crippen molar-refractivity contribution >= 4 is 23.2 Å². The van der Waals surface area contributed by atoms with Crippen LogP contribution >= 0.6 is 11.6 Å². The van der Waals surface area contributed by atoms with Crippen LogP contribution in [0, 0.1) is 0 Å². The van der Waals surface area contributed by atoms with Crippen LogP contribution in [0.5, 0.6) is 0 Å². The summed E-state index contributed by atoms with van der Waals surface area (Å²) >= 11 is 5.91.